The van der Waals surface area contributed by atoms with E-state index >= 15 is 0 Å². The number of benzene rings is 1. The smallest absolute Gasteiger partial charge is 0.323 e. The summed E-state index contributed by atoms with van der Waals surface area (Å²) in [6.07, 6.45) is 4.08. The molecule has 6 heteroatoms. The molecule has 23 heavy (non-hydrogen) atoms. The predicted molar refractivity (Wildman–Crippen MR) is 88.6 cm³/mol. The Morgan fingerprint density at radius 2 is 1.74 bits per heavy atom. The molecule has 1 aliphatic rings. The van der Waals surface area contributed by atoms with Gasteiger partial charge in [-0.15, -0.1) is 0 Å². The molecule has 3 amide bonds. The molecule has 124 valence electrons. The average molecular weight is 317 g/mol. The number of nitrogen functional groups attached to an aromatic ring is 1. The molecule has 0 radical (unpaired) electrons. The molecule has 6 nitrogen and oxygen atoms in total. The number of hydrogen-bond donors (Lipinski definition) is 2. The average Bonchev–Trinajstić information content (AvgIpc) is 2.51. The highest BCUT2D eigenvalue weighted by Gasteiger charge is 2.30. The molecule has 0 saturated heterocycles. The lowest BCUT2D eigenvalue weighted by Gasteiger charge is -2.30. The van der Waals surface area contributed by atoms with E-state index in [1.54, 1.807) is 24.3 Å². The van der Waals surface area contributed by atoms with Gasteiger partial charge in [-0.05, 0) is 43.0 Å². The second-order valence-electron chi connectivity index (χ2n) is 6.09. The highest BCUT2D eigenvalue weighted by molar-refractivity contribution is 6.45. The normalized spacial score (nSPS) is 20.6. The molecule has 1 fully saturated rings. The van der Waals surface area contributed by atoms with Crippen molar-refractivity contribution in [2.24, 2.45) is 5.92 Å². The molecule has 0 aromatic heterocycles. The number of carbonyl (C=O) groups excluding carboxylic acids is 3. The molecule has 2 atom stereocenters. The second-order valence-corrected chi connectivity index (χ2v) is 6.09. The standard InChI is InChI=1S/C17H23N3O3/c1-11-5-3-4-6-15(11)19-16(22)17(23)20(12(2)21)14-9-7-13(18)8-10-14/h7-11,15H,3-6,18H2,1-2H3,(H,19,22). The van der Waals surface area contributed by atoms with Gasteiger partial charge >= 0.3 is 11.8 Å². The Morgan fingerprint density at radius 3 is 2.30 bits per heavy atom. The van der Waals surface area contributed by atoms with Gasteiger partial charge in [-0.1, -0.05) is 19.8 Å². The minimum absolute atomic E-state index is 0.0135. The fourth-order valence-electron chi connectivity index (χ4n) is 2.93. The Balaban J connectivity index is 2.12. The van der Waals surface area contributed by atoms with Crippen LogP contribution in [-0.2, 0) is 14.4 Å². The van der Waals surface area contributed by atoms with Gasteiger partial charge in [0.05, 0.1) is 5.69 Å². The van der Waals surface area contributed by atoms with Crippen LogP contribution in [0.5, 0.6) is 0 Å². The zero-order valence-corrected chi connectivity index (χ0v) is 13.5. The molecule has 1 saturated carbocycles. The topological polar surface area (TPSA) is 92.5 Å². The van der Waals surface area contributed by atoms with Gasteiger partial charge in [0.15, 0.2) is 0 Å². The minimum atomic E-state index is -0.861. The minimum Gasteiger partial charge on any atom is -0.399 e. The highest BCUT2D eigenvalue weighted by Crippen LogP contribution is 2.24. The van der Waals surface area contributed by atoms with E-state index in [0.29, 0.717) is 17.3 Å². The summed E-state index contributed by atoms with van der Waals surface area (Å²) >= 11 is 0. The van der Waals surface area contributed by atoms with Crippen LogP contribution in [0.1, 0.15) is 39.5 Å². The van der Waals surface area contributed by atoms with E-state index in [2.05, 4.69) is 12.2 Å². The molecule has 2 rings (SSSR count). The summed E-state index contributed by atoms with van der Waals surface area (Å²) < 4.78 is 0. The molecule has 0 aliphatic heterocycles. The van der Waals surface area contributed by atoms with E-state index in [1.165, 1.54) is 6.92 Å². The predicted octanol–water partition coefficient (Wildman–Crippen LogP) is 1.84. The Kier molecular flexibility index (Phi) is 5.36. The maximum absolute atomic E-state index is 12.4. The van der Waals surface area contributed by atoms with Gasteiger partial charge in [0.1, 0.15) is 0 Å². The largest absolute Gasteiger partial charge is 0.399 e. The van der Waals surface area contributed by atoms with Crippen molar-refractivity contribution in [2.75, 3.05) is 10.6 Å². The van der Waals surface area contributed by atoms with Crippen molar-refractivity contribution in [2.45, 2.75) is 45.6 Å². The molecule has 0 spiro atoms. The highest BCUT2D eigenvalue weighted by atomic mass is 16.2. The lowest BCUT2D eigenvalue weighted by molar-refractivity contribution is -0.140. The lowest BCUT2D eigenvalue weighted by atomic mass is 9.86. The summed E-state index contributed by atoms with van der Waals surface area (Å²) in [6.45, 7) is 3.32. The third-order valence-electron chi connectivity index (χ3n) is 4.29. The van der Waals surface area contributed by atoms with Crippen molar-refractivity contribution in [3.05, 3.63) is 24.3 Å². The summed E-state index contributed by atoms with van der Waals surface area (Å²) in [5.41, 5.74) is 6.47. The number of nitrogens with two attached hydrogens (primary N) is 1. The Hall–Kier alpha value is -2.37. The summed E-state index contributed by atoms with van der Waals surface area (Å²) in [5.74, 6) is -1.77. The first-order valence-corrected chi connectivity index (χ1v) is 7.91. The number of rotatable bonds is 2. The summed E-state index contributed by atoms with van der Waals surface area (Å²) in [6, 6.07) is 6.25. The Labute approximate surface area is 136 Å². The number of nitrogens with zero attached hydrogens (tertiary/aromatic N) is 1. The molecule has 2 unspecified atom stereocenters. The summed E-state index contributed by atoms with van der Waals surface area (Å²) in [5, 5.41) is 2.78. The molecule has 3 N–H and O–H groups in total. The molecule has 0 bridgehead atoms. The van der Waals surface area contributed by atoms with E-state index in [9.17, 15) is 14.4 Å². The molecule has 1 aromatic rings. The molecule has 1 aliphatic carbocycles. The molecule has 0 heterocycles. The number of imide groups is 1. The first-order chi connectivity index (χ1) is 10.9. The van der Waals surface area contributed by atoms with E-state index in [0.717, 1.165) is 30.6 Å². The van der Waals surface area contributed by atoms with Gasteiger partial charge in [-0.25, -0.2) is 4.90 Å². The van der Waals surface area contributed by atoms with Crippen LogP contribution in [0.4, 0.5) is 11.4 Å². The number of nitrogens with one attached hydrogen (secondary N) is 1. The fourth-order valence-corrected chi connectivity index (χ4v) is 2.93. The van der Waals surface area contributed by atoms with E-state index in [-0.39, 0.29) is 6.04 Å². The maximum Gasteiger partial charge on any atom is 0.323 e. The first-order valence-electron chi connectivity index (χ1n) is 7.91. The number of carbonyl (C=O) groups is 3. The van der Waals surface area contributed by atoms with Crippen LogP contribution in [0.25, 0.3) is 0 Å². The molecular formula is C17H23N3O3. The zero-order chi connectivity index (χ0) is 17.0. The first kappa shape index (κ1) is 17.0. The van der Waals surface area contributed by atoms with E-state index in [4.69, 9.17) is 5.73 Å². The van der Waals surface area contributed by atoms with Crippen LogP contribution in [-0.4, -0.2) is 23.8 Å². The monoisotopic (exact) mass is 317 g/mol. The van der Waals surface area contributed by atoms with Crippen molar-refractivity contribution >= 4 is 29.1 Å². The Bertz CT molecular complexity index is 598. The van der Waals surface area contributed by atoms with Crippen LogP contribution in [0, 0.1) is 5.92 Å². The van der Waals surface area contributed by atoms with Gasteiger partial charge in [0.2, 0.25) is 5.91 Å². The van der Waals surface area contributed by atoms with E-state index < -0.39 is 17.7 Å². The van der Waals surface area contributed by atoms with Crippen LogP contribution >= 0.6 is 0 Å². The number of hydrogen-bond acceptors (Lipinski definition) is 4. The van der Waals surface area contributed by atoms with Crippen molar-refractivity contribution < 1.29 is 14.4 Å². The summed E-state index contributed by atoms with van der Waals surface area (Å²) in [4.78, 5) is 37.4. The van der Waals surface area contributed by atoms with E-state index in [1.807, 2.05) is 0 Å². The third-order valence-corrected chi connectivity index (χ3v) is 4.29. The van der Waals surface area contributed by atoms with Gasteiger partial charge in [-0.2, -0.15) is 0 Å². The van der Waals surface area contributed by atoms with Gasteiger partial charge < -0.3 is 11.1 Å². The number of anilines is 2. The lowest BCUT2D eigenvalue weighted by Crippen LogP contribution is -2.50. The van der Waals surface area contributed by atoms with Gasteiger partial charge in [-0.3, -0.25) is 14.4 Å². The quantitative estimate of drug-likeness (QED) is 0.643. The van der Waals surface area contributed by atoms with Crippen molar-refractivity contribution in [3.63, 3.8) is 0 Å². The van der Waals surface area contributed by atoms with Gasteiger partial charge in [0, 0.05) is 18.7 Å². The van der Waals surface area contributed by atoms with Crippen LogP contribution < -0.4 is 16.0 Å². The second kappa shape index (κ2) is 7.26. The summed E-state index contributed by atoms with van der Waals surface area (Å²) in [7, 11) is 0. The van der Waals surface area contributed by atoms with Crippen molar-refractivity contribution in [1.82, 2.24) is 5.32 Å². The van der Waals surface area contributed by atoms with Crippen molar-refractivity contribution in [1.29, 1.82) is 0 Å². The van der Waals surface area contributed by atoms with Crippen molar-refractivity contribution in [3.8, 4) is 0 Å². The number of amides is 3. The molecule has 1 aromatic carbocycles. The SMILES string of the molecule is CC(=O)N(C(=O)C(=O)NC1CCCCC1C)c1ccc(N)cc1. The zero-order valence-electron chi connectivity index (χ0n) is 13.5. The van der Waals surface area contributed by atoms with Crippen LogP contribution in [0.2, 0.25) is 0 Å². The van der Waals surface area contributed by atoms with Crippen LogP contribution in [0.3, 0.4) is 0 Å². The Morgan fingerprint density at radius 1 is 1.13 bits per heavy atom. The molecular weight excluding hydrogens is 294 g/mol. The van der Waals surface area contributed by atoms with Gasteiger partial charge in [0.25, 0.3) is 0 Å². The fraction of sp³-hybridized carbons (Fsp3) is 0.471. The maximum atomic E-state index is 12.4. The third kappa shape index (κ3) is 4.09. The van der Waals surface area contributed by atoms with Crippen LogP contribution in [0.15, 0.2) is 24.3 Å².